The van der Waals surface area contributed by atoms with Crippen molar-refractivity contribution in [1.29, 1.82) is 0 Å². The smallest absolute Gasteiger partial charge is 0.259 e. The van der Waals surface area contributed by atoms with Crippen LogP contribution in [0.5, 0.6) is 0 Å². The van der Waals surface area contributed by atoms with Gasteiger partial charge in [-0.1, -0.05) is 29.3 Å². The number of carbonyl (C=O) groups is 1. The van der Waals surface area contributed by atoms with Gasteiger partial charge < -0.3 is 9.73 Å². The van der Waals surface area contributed by atoms with Crippen molar-refractivity contribution in [3.05, 3.63) is 76.5 Å². The highest BCUT2D eigenvalue weighted by atomic mass is 35.5. The molecule has 0 saturated carbocycles. The molecule has 4 heteroatoms. The molecule has 23 heavy (non-hydrogen) atoms. The fourth-order valence-electron chi connectivity index (χ4n) is 2.30. The molecule has 0 unspecified atom stereocenters. The molecule has 0 fully saturated rings. The van der Waals surface area contributed by atoms with Crippen LogP contribution < -0.4 is 5.32 Å². The predicted octanol–water partition coefficient (Wildman–Crippen LogP) is 5.47. The zero-order chi connectivity index (χ0) is 16.4. The molecule has 0 spiro atoms. The molecule has 0 radical (unpaired) electrons. The molecule has 1 N–H and O–H groups in total. The second-order valence-electron chi connectivity index (χ2n) is 5.41. The van der Waals surface area contributed by atoms with Gasteiger partial charge in [-0.25, -0.2) is 0 Å². The number of amides is 1. The van der Waals surface area contributed by atoms with Crippen LogP contribution in [-0.2, 0) is 0 Å². The van der Waals surface area contributed by atoms with E-state index in [2.05, 4.69) is 5.32 Å². The lowest BCUT2D eigenvalue weighted by Gasteiger charge is -2.04. The van der Waals surface area contributed by atoms with Crippen molar-refractivity contribution in [3.63, 3.8) is 0 Å². The van der Waals surface area contributed by atoms with Gasteiger partial charge in [-0.15, -0.1) is 0 Å². The normalized spacial score (nSPS) is 10.6. The third-order valence-corrected chi connectivity index (χ3v) is 3.85. The van der Waals surface area contributed by atoms with Gasteiger partial charge in [0, 0.05) is 16.3 Å². The lowest BCUT2D eigenvalue weighted by Crippen LogP contribution is -2.11. The molecule has 0 aliphatic heterocycles. The Hall–Kier alpha value is -2.52. The van der Waals surface area contributed by atoms with Crippen molar-refractivity contribution >= 4 is 23.2 Å². The molecule has 0 aliphatic carbocycles. The Morgan fingerprint density at radius 3 is 2.30 bits per heavy atom. The van der Waals surface area contributed by atoms with Gasteiger partial charge in [-0.05, 0) is 56.3 Å². The Morgan fingerprint density at radius 1 is 1.00 bits per heavy atom. The molecule has 1 aromatic heterocycles. The highest BCUT2D eigenvalue weighted by Gasteiger charge is 2.16. The number of anilines is 1. The molecular formula is C19H16ClNO2. The van der Waals surface area contributed by atoms with E-state index in [-0.39, 0.29) is 5.91 Å². The Morgan fingerprint density at radius 2 is 1.65 bits per heavy atom. The van der Waals surface area contributed by atoms with E-state index in [1.54, 1.807) is 25.1 Å². The van der Waals surface area contributed by atoms with Crippen molar-refractivity contribution in [1.82, 2.24) is 0 Å². The molecular weight excluding hydrogens is 310 g/mol. The van der Waals surface area contributed by atoms with Gasteiger partial charge in [0.05, 0.1) is 5.56 Å². The highest BCUT2D eigenvalue weighted by molar-refractivity contribution is 6.30. The Kier molecular flexibility index (Phi) is 4.22. The third kappa shape index (κ3) is 3.46. The molecule has 2 aromatic carbocycles. The topological polar surface area (TPSA) is 42.2 Å². The molecule has 1 amide bonds. The largest absolute Gasteiger partial charge is 0.461 e. The summed E-state index contributed by atoms with van der Waals surface area (Å²) in [4.78, 5) is 12.4. The van der Waals surface area contributed by atoms with E-state index < -0.39 is 0 Å². The van der Waals surface area contributed by atoms with Crippen LogP contribution in [0.1, 0.15) is 21.7 Å². The summed E-state index contributed by atoms with van der Waals surface area (Å²) in [5, 5.41) is 3.54. The predicted molar refractivity (Wildman–Crippen MR) is 93.0 cm³/mol. The van der Waals surface area contributed by atoms with Crippen LogP contribution >= 0.6 is 11.6 Å². The summed E-state index contributed by atoms with van der Waals surface area (Å²) in [6.07, 6.45) is 0. The maximum Gasteiger partial charge on any atom is 0.259 e. The third-order valence-electron chi connectivity index (χ3n) is 3.60. The SMILES string of the molecule is Cc1ccc(NC(=O)c2cc(-c3ccc(Cl)cc3)oc2C)cc1. The fourth-order valence-corrected chi connectivity index (χ4v) is 2.43. The second kappa shape index (κ2) is 6.31. The Balaban J connectivity index is 1.84. The average molecular weight is 326 g/mol. The van der Waals surface area contributed by atoms with Crippen LogP contribution in [0.15, 0.2) is 59.0 Å². The molecule has 3 rings (SSSR count). The quantitative estimate of drug-likeness (QED) is 0.693. The molecule has 3 nitrogen and oxygen atoms in total. The molecule has 0 aliphatic rings. The maximum atomic E-state index is 12.4. The summed E-state index contributed by atoms with van der Waals surface area (Å²) in [6, 6.07) is 16.7. The zero-order valence-corrected chi connectivity index (χ0v) is 13.6. The number of hydrogen-bond donors (Lipinski definition) is 1. The minimum absolute atomic E-state index is 0.185. The van der Waals surface area contributed by atoms with Gasteiger partial charge in [-0.2, -0.15) is 0 Å². The first-order valence-electron chi connectivity index (χ1n) is 7.27. The standard InChI is InChI=1S/C19H16ClNO2/c1-12-3-9-16(10-4-12)21-19(22)17-11-18(23-13(17)2)14-5-7-15(20)8-6-14/h3-11H,1-2H3,(H,21,22). The molecule has 0 atom stereocenters. The first kappa shape index (κ1) is 15.4. The van der Waals surface area contributed by atoms with E-state index in [1.807, 2.05) is 43.3 Å². The molecule has 3 aromatic rings. The van der Waals surface area contributed by atoms with Crippen LogP contribution in [-0.4, -0.2) is 5.91 Å². The summed E-state index contributed by atoms with van der Waals surface area (Å²) < 4.78 is 5.71. The number of benzene rings is 2. The van der Waals surface area contributed by atoms with Gasteiger partial charge in [0.1, 0.15) is 11.5 Å². The van der Waals surface area contributed by atoms with Gasteiger partial charge in [-0.3, -0.25) is 4.79 Å². The molecule has 116 valence electrons. The average Bonchev–Trinajstić information content (AvgIpc) is 2.92. The van der Waals surface area contributed by atoms with Crippen LogP contribution in [0.4, 0.5) is 5.69 Å². The van der Waals surface area contributed by atoms with Crippen molar-refractivity contribution < 1.29 is 9.21 Å². The maximum absolute atomic E-state index is 12.4. The lowest BCUT2D eigenvalue weighted by atomic mass is 10.1. The minimum atomic E-state index is -0.185. The van der Waals surface area contributed by atoms with E-state index in [0.717, 1.165) is 16.8 Å². The van der Waals surface area contributed by atoms with E-state index in [4.69, 9.17) is 16.0 Å². The van der Waals surface area contributed by atoms with Gasteiger partial charge in [0.2, 0.25) is 0 Å². The van der Waals surface area contributed by atoms with Crippen LogP contribution in [0.3, 0.4) is 0 Å². The van der Waals surface area contributed by atoms with Crippen molar-refractivity contribution in [3.8, 4) is 11.3 Å². The number of rotatable bonds is 3. The van der Waals surface area contributed by atoms with Crippen molar-refractivity contribution in [2.24, 2.45) is 0 Å². The monoisotopic (exact) mass is 325 g/mol. The summed E-state index contributed by atoms with van der Waals surface area (Å²) in [7, 11) is 0. The summed E-state index contributed by atoms with van der Waals surface area (Å²) in [5.74, 6) is 1.04. The van der Waals surface area contributed by atoms with Crippen molar-refractivity contribution in [2.75, 3.05) is 5.32 Å². The first-order chi connectivity index (χ1) is 11.0. The fraction of sp³-hybridized carbons (Fsp3) is 0.105. The number of halogens is 1. The van der Waals surface area contributed by atoms with Gasteiger partial charge in [0.25, 0.3) is 5.91 Å². The van der Waals surface area contributed by atoms with E-state index in [9.17, 15) is 4.79 Å². The molecule has 0 saturated heterocycles. The Bertz CT molecular complexity index is 833. The highest BCUT2D eigenvalue weighted by Crippen LogP contribution is 2.27. The summed E-state index contributed by atoms with van der Waals surface area (Å²) in [6.45, 7) is 3.79. The van der Waals surface area contributed by atoms with Gasteiger partial charge in [0.15, 0.2) is 0 Å². The van der Waals surface area contributed by atoms with Gasteiger partial charge >= 0.3 is 0 Å². The number of nitrogens with one attached hydrogen (secondary N) is 1. The van der Waals surface area contributed by atoms with Crippen molar-refractivity contribution in [2.45, 2.75) is 13.8 Å². The lowest BCUT2D eigenvalue weighted by molar-refractivity contribution is 0.102. The van der Waals surface area contributed by atoms with Crippen LogP contribution in [0, 0.1) is 13.8 Å². The van der Waals surface area contributed by atoms with E-state index >= 15 is 0 Å². The number of hydrogen-bond acceptors (Lipinski definition) is 2. The molecule has 1 heterocycles. The van der Waals surface area contributed by atoms with Crippen LogP contribution in [0.2, 0.25) is 5.02 Å². The van der Waals surface area contributed by atoms with E-state index in [0.29, 0.717) is 22.1 Å². The summed E-state index contributed by atoms with van der Waals surface area (Å²) >= 11 is 5.89. The first-order valence-corrected chi connectivity index (χ1v) is 7.65. The molecule has 0 bridgehead atoms. The van der Waals surface area contributed by atoms with Crippen LogP contribution in [0.25, 0.3) is 11.3 Å². The zero-order valence-electron chi connectivity index (χ0n) is 12.9. The van der Waals surface area contributed by atoms with E-state index in [1.165, 1.54) is 0 Å². The number of furan rings is 1. The number of aryl methyl sites for hydroxylation is 2. The summed E-state index contributed by atoms with van der Waals surface area (Å²) in [5.41, 5.74) is 3.31. The second-order valence-corrected chi connectivity index (χ2v) is 5.84. The Labute approximate surface area is 139 Å². The minimum Gasteiger partial charge on any atom is -0.461 e. The number of carbonyl (C=O) groups excluding carboxylic acids is 1.